The molecule has 1 rings (SSSR count). The highest BCUT2D eigenvalue weighted by Gasteiger charge is 2.34. The number of halogens is 1. The van der Waals surface area contributed by atoms with E-state index in [1.165, 1.54) is 0 Å². The fraction of sp³-hybridized carbons (Fsp3) is 0.467. The predicted octanol–water partition coefficient (Wildman–Crippen LogP) is 2.57. The maximum atomic E-state index is 12.4. The molecule has 116 valence electrons. The lowest BCUT2D eigenvalue weighted by molar-refractivity contribution is -0.157. The standard InChI is InChI=1S/C15H20ClNO4/c1-15(2,3)21-14(20)13(11(17)8-12(18)19)9-6-4-5-7-10(9)16/h4-7,11,13H,8,17H2,1-3H3,(H,18,19)/t11-,13+/m0/s1. The van der Waals surface area contributed by atoms with Crippen molar-refractivity contribution < 1.29 is 19.4 Å². The van der Waals surface area contributed by atoms with Crippen LogP contribution in [0.2, 0.25) is 5.02 Å². The third-order valence-corrected chi connectivity index (χ3v) is 3.08. The second-order valence-corrected chi connectivity index (χ2v) is 6.20. The van der Waals surface area contributed by atoms with E-state index in [1.807, 2.05) is 0 Å². The van der Waals surface area contributed by atoms with E-state index in [1.54, 1.807) is 45.0 Å². The molecule has 0 spiro atoms. The van der Waals surface area contributed by atoms with Gasteiger partial charge in [-0.05, 0) is 32.4 Å². The zero-order valence-corrected chi connectivity index (χ0v) is 13.1. The molecule has 5 nitrogen and oxygen atoms in total. The summed E-state index contributed by atoms with van der Waals surface area (Å²) < 4.78 is 5.34. The molecule has 0 amide bonds. The van der Waals surface area contributed by atoms with Crippen LogP contribution < -0.4 is 5.73 Å². The van der Waals surface area contributed by atoms with Gasteiger partial charge in [-0.1, -0.05) is 29.8 Å². The normalized spacial score (nSPS) is 14.3. The lowest BCUT2D eigenvalue weighted by Crippen LogP contribution is -2.39. The van der Waals surface area contributed by atoms with Crippen molar-refractivity contribution in [2.75, 3.05) is 0 Å². The van der Waals surface area contributed by atoms with Crippen molar-refractivity contribution in [1.82, 2.24) is 0 Å². The summed E-state index contributed by atoms with van der Waals surface area (Å²) in [5.74, 6) is -2.58. The van der Waals surface area contributed by atoms with Crippen LogP contribution >= 0.6 is 11.6 Å². The molecule has 6 heteroatoms. The monoisotopic (exact) mass is 313 g/mol. The number of carbonyl (C=O) groups is 2. The number of esters is 1. The van der Waals surface area contributed by atoms with Crippen molar-refractivity contribution in [2.45, 2.75) is 44.8 Å². The van der Waals surface area contributed by atoms with E-state index in [-0.39, 0.29) is 6.42 Å². The number of hydrogen-bond donors (Lipinski definition) is 2. The van der Waals surface area contributed by atoms with Gasteiger partial charge < -0.3 is 15.6 Å². The molecule has 0 aromatic heterocycles. The van der Waals surface area contributed by atoms with E-state index in [2.05, 4.69) is 0 Å². The molecular weight excluding hydrogens is 294 g/mol. The van der Waals surface area contributed by atoms with E-state index in [0.717, 1.165) is 0 Å². The summed E-state index contributed by atoms with van der Waals surface area (Å²) in [4.78, 5) is 23.3. The van der Waals surface area contributed by atoms with Crippen LogP contribution in [-0.4, -0.2) is 28.7 Å². The molecule has 0 bridgehead atoms. The average Bonchev–Trinajstić information content (AvgIpc) is 2.28. The molecule has 0 saturated carbocycles. The number of carboxylic acid groups (broad SMARTS) is 1. The van der Waals surface area contributed by atoms with Crippen molar-refractivity contribution in [2.24, 2.45) is 5.73 Å². The zero-order chi connectivity index (χ0) is 16.2. The maximum Gasteiger partial charge on any atom is 0.315 e. The number of carbonyl (C=O) groups excluding carboxylic acids is 1. The van der Waals surface area contributed by atoms with Crippen molar-refractivity contribution in [3.63, 3.8) is 0 Å². The summed E-state index contributed by atoms with van der Waals surface area (Å²) in [6.45, 7) is 5.20. The first kappa shape index (κ1) is 17.5. The minimum atomic E-state index is -1.08. The van der Waals surface area contributed by atoms with Crippen LogP contribution in [0, 0.1) is 0 Å². The first-order valence-electron chi connectivity index (χ1n) is 6.56. The second kappa shape index (κ2) is 6.91. The van der Waals surface area contributed by atoms with Crippen LogP contribution in [0.4, 0.5) is 0 Å². The van der Waals surface area contributed by atoms with Crippen LogP contribution in [0.25, 0.3) is 0 Å². The highest BCUT2D eigenvalue weighted by Crippen LogP contribution is 2.30. The molecule has 0 radical (unpaired) electrons. The number of hydrogen-bond acceptors (Lipinski definition) is 4. The van der Waals surface area contributed by atoms with Gasteiger partial charge >= 0.3 is 11.9 Å². The molecule has 0 heterocycles. The van der Waals surface area contributed by atoms with Gasteiger partial charge in [-0.3, -0.25) is 9.59 Å². The minimum absolute atomic E-state index is 0.352. The molecule has 0 aliphatic carbocycles. The van der Waals surface area contributed by atoms with Crippen LogP contribution in [-0.2, 0) is 14.3 Å². The van der Waals surface area contributed by atoms with Gasteiger partial charge in [0, 0.05) is 11.1 Å². The SMILES string of the molecule is CC(C)(C)OC(=O)[C@H](c1ccccc1Cl)[C@@H](N)CC(=O)O. The van der Waals surface area contributed by atoms with Gasteiger partial charge in [-0.15, -0.1) is 0 Å². The molecular formula is C15H20ClNO4. The molecule has 3 N–H and O–H groups in total. The van der Waals surface area contributed by atoms with Crippen LogP contribution in [0.3, 0.4) is 0 Å². The minimum Gasteiger partial charge on any atom is -0.481 e. The molecule has 0 aliphatic heterocycles. The first-order chi connectivity index (χ1) is 9.61. The fourth-order valence-corrected chi connectivity index (χ4v) is 2.20. The van der Waals surface area contributed by atoms with E-state index < -0.39 is 29.5 Å². The second-order valence-electron chi connectivity index (χ2n) is 5.79. The summed E-state index contributed by atoms with van der Waals surface area (Å²) in [6, 6.07) is 5.80. The summed E-state index contributed by atoms with van der Waals surface area (Å²) in [5, 5.41) is 9.25. The first-order valence-corrected chi connectivity index (χ1v) is 6.94. The van der Waals surface area contributed by atoms with Gasteiger partial charge in [-0.2, -0.15) is 0 Å². The Kier molecular flexibility index (Phi) is 5.75. The van der Waals surface area contributed by atoms with Crippen LogP contribution in [0.1, 0.15) is 38.7 Å². The number of carboxylic acids is 1. The summed E-state index contributed by atoms with van der Waals surface area (Å²) in [6.07, 6.45) is -0.352. The molecule has 0 saturated heterocycles. The van der Waals surface area contributed by atoms with E-state index in [4.69, 9.17) is 27.2 Å². The molecule has 0 fully saturated rings. The third kappa shape index (κ3) is 5.36. The molecule has 1 aromatic carbocycles. The van der Waals surface area contributed by atoms with Gasteiger partial charge in [0.05, 0.1) is 12.3 Å². The average molecular weight is 314 g/mol. The van der Waals surface area contributed by atoms with E-state index >= 15 is 0 Å². The summed E-state index contributed by atoms with van der Waals surface area (Å²) in [7, 11) is 0. The van der Waals surface area contributed by atoms with Crippen molar-refractivity contribution in [1.29, 1.82) is 0 Å². The Morgan fingerprint density at radius 3 is 2.38 bits per heavy atom. The lowest BCUT2D eigenvalue weighted by atomic mass is 9.89. The molecule has 0 unspecified atom stereocenters. The molecule has 2 atom stereocenters. The quantitative estimate of drug-likeness (QED) is 0.815. The maximum absolute atomic E-state index is 12.4. The van der Waals surface area contributed by atoms with Crippen molar-refractivity contribution in [3.8, 4) is 0 Å². The third-order valence-electron chi connectivity index (χ3n) is 2.74. The molecule has 21 heavy (non-hydrogen) atoms. The highest BCUT2D eigenvalue weighted by atomic mass is 35.5. The Balaban J connectivity index is 3.14. The summed E-state index contributed by atoms with van der Waals surface area (Å²) >= 11 is 6.10. The Morgan fingerprint density at radius 1 is 1.33 bits per heavy atom. The summed E-state index contributed by atoms with van der Waals surface area (Å²) in [5.41, 5.74) is 5.68. The Morgan fingerprint density at radius 2 is 1.90 bits per heavy atom. The van der Waals surface area contributed by atoms with E-state index in [0.29, 0.717) is 10.6 Å². The molecule has 0 aliphatic rings. The molecule has 1 aromatic rings. The number of nitrogens with two attached hydrogens (primary N) is 1. The lowest BCUT2D eigenvalue weighted by Gasteiger charge is -2.27. The van der Waals surface area contributed by atoms with Gasteiger partial charge in [0.1, 0.15) is 5.60 Å². The number of benzene rings is 1. The fourth-order valence-electron chi connectivity index (χ4n) is 1.94. The van der Waals surface area contributed by atoms with Crippen LogP contribution in [0.15, 0.2) is 24.3 Å². The number of rotatable bonds is 5. The Hall–Kier alpha value is -1.59. The highest BCUT2D eigenvalue weighted by molar-refractivity contribution is 6.31. The Labute approximate surface area is 129 Å². The topological polar surface area (TPSA) is 89.6 Å². The van der Waals surface area contributed by atoms with Gasteiger partial charge in [0.15, 0.2) is 0 Å². The largest absolute Gasteiger partial charge is 0.481 e. The number of ether oxygens (including phenoxy) is 1. The van der Waals surface area contributed by atoms with E-state index in [9.17, 15) is 9.59 Å². The van der Waals surface area contributed by atoms with Gasteiger partial charge in [0.2, 0.25) is 0 Å². The zero-order valence-electron chi connectivity index (χ0n) is 12.3. The van der Waals surface area contributed by atoms with Crippen LogP contribution in [0.5, 0.6) is 0 Å². The van der Waals surface area contributed by atoms with Crippen molar-refractivity contribution in [3.05, 3.63) is 34.9 Å². The number of aliphatic carboxylic acids is 1. The van der Waals surface area contributed by atoms with Gasteiger partial charge in [0.25, 0.3) is 0 Å². The van der Waals surface area contributed by atoms with Crippen molar-refractivity contribution >= 4 is 23.5 Å². The Bertz CT molecular complexity index is 525. The van der Waals surface area contributed by atoms with Gasteiger partial charge in [-0.25, -0.2) is 0 Å². The smallest absolute Gasteiger partial charge is 0.315 e. The predicted molar refractivity (Wildman–Crippen MR) is 80.3 cm³/mol.